The predicted octanol–water partition coefficient (Wildman–Crippen LogP) is 2.86. The van der Waals surface area contributed by atoms with Gasteiger partial charge in [0.25, 0.3) is 0 Å². The van der Waals surface area contributed by atoms with Crippen molar-refractivity contribution >= 4 is 6.09 Å². The number of hydrogen-bond donors (Lipinski definition) is 1. The van der Waals surface area contributed by atoms with E-state index in [9.17, 15) is 4.79 Å². The van der Waals surface area contributed by atoms with E-state index in [0.717, 1.165) is 26.1 Å². The summed E-state index contributed by atoms with van der Waals surface area (Å²) in [6, 6.07) is 0.332. The third kappa shape index (κ3) is 8.98. The van der Waals surface area contributed by atoms with Crippen LogP contribution in [-0.2, 0) is 9.47 Å². The quantitative estimate of drug-likeness (QED) is 0.720. The van der Waals surface area contributed by atoms with Crippen molar-refractivity contribution in [3.05, 3.63) is 0 Å². The summed E-state index contributed by atoms with van der Waals surface area (Å²) in [5.74, 6) is 0. The zero-order valence-electron chi connectivity index (χ0n) is 11.3. The molecule has 0 aromatic rings. The van der Waals surface area contributed by atoms with Crippen LogP contribution in [0.15, 0.2) is 0 Å². The molecular formula is C13H25NO3. The summed E-state index contributed by atoms with van der Waals surface area (Å²) in [7, 11) is 0. The van der Waals surface area contributed by atoms with E-state index < -0.39 is 5.60 Å². The van der Waals surface area contributed by atoms with Crippen LogP contribution in [0.2, 0.25) is 0 Å². The Hall–Kier alpha value is -0.770. The van der Waals surface area contributed by atoms with Crippen LogP contribution in [0.4, 0.5) is 4.79 Å². The van der Waals surface area contributed by atoms with Crippen LogP contribution in [0, 0.1) is 0 Å². The number of rotatable bonds is 1. The Labute approximate surface area is 104 Å². The van der Waals surface area contributed by atoms with Crippen molar-refractivity contribution in [2.45, 2.75) is 64.5 Å². The summed E-state index contributed by atoms with van der Waals surface area (Å²) in [5, 5.41) is 2.91. The first-order valence-corrected chi connectivity index (χ1v) is 6.54. The van der Waals surface area contributed by atoms with E-state index in [1.165, 1.54) is 19.3 Å². The molecule has 1 N–H and O–H groups in total. The van der Waals surface area contributed by atoms with Gasteiger partial charge in [-0.3, -0.25) is 0 Å². The molecule has 1 heterocycles. The van der Waals surface area contributed by atoms with Gasteiger partial charge in [-0.2, -0.15) is 0 Å². The summed E-state index contributed by atoms with van der Waals surface area (Å²) in [6.07, 6.45) is 5.66. The summed E-state index contributed by atoms with van der Waals surface area (Å²) < 4.78 is 9.69. The molecule has 0 spiro atoms. The van der Waals surface area contributed by atoms with Gasteiger partial charge in [0.2, 0.25) is 0 Å². The molecule has 17 heavy (non-hydrogen) atoms. The molecule has 1 aliphatic heterocycles. The van der Waals surface area contributed by atoms with Gasteiger partial charge in [0.1, 0.15) is 5.60 Å². The van der Waals surface area contributed by atoms with Gasteiger partial charge in [-0.15, -0.1) is 0 Å². The number of carbonyl (C=O) groups is 1. The highest BCUT2D eigenvalue weighted by atomic mass is 16.6. The maximum atomic E-state index is 11.4. The fourth-order valence-corrected chi connectivity index (χ4v) is 1.72. The number of amides is 1. The van der Waals surface area contributed by atoms with Crippen LogP contribution in [0.3, 0.4) is 0 Å². The molecule has 0 atom stereocenters. The van der Waals surface area contributed by atoms with E-state index in [-0.39, 0.29) is 6.09 Å². The van der Waals surface area contributed by atoms with Crippen LogP contribution in [0.5, 0.6) is 0 Å². The van der Waals surface area contributed by atoms with E-state index in [0.29, 0.717) is 6.04 Å². The number of nitrogens with one attached hydrogen (secondary N) is 1. The smallest absolute Gasteiger partial charge is 0.407 e. The predicted molar refractivity (Wildman–Crippen MR) is 67.1 cm³/mol. The van der Waals surface area contributed by atoms with E-state index >= 15 is 0 Å². The molecule has 2 rings (SSSR count). The molecule has 1 saturated heterocycles. The van der Waals surface area contributed by atoms with Crippen LogP contribution in [-0.4, -0.2) is 30.9 Å². The van der Waals surface area contributed by atoms with Crippen LogP contribution in [0.25, 0.3) is 0 Å². The first-order chi connectivity index (χ1) is 7.97. The fourth-order valence-electron chi connectivity index (χ4n) is 1.72. The van der Waals surface area contributed by atoms with Crippen molar-refractivity contribution < 1.29 is 14.3 Å². The maximum Gasteiger partial charge on any atom is 0.407 e. The summed E-state index contributed by atoms with van der Waals surface area (Å²) >= 11 is 0. The maximum absolute atomic E-state index is 11.4. The van der Waals surface area contributed by atoms with Gasteiger partial charge in [-0.05, 0) is 33.6 Å². The molecule has 0 aromatic carbocycles. The lowest BCUT2D eigenvalue weighted by Gasteiger charge is -2.25. The van der Waals surface area contributed by atoms with Crippen molar-refractivity contribution in [1.29, 1.82) is 0 Å². The van der Waals surface area contributed by atoms with Crippen molar-refractivity contribution in [2.75, 3.05) is 13.2 Å². The molecular weight excluding hydrogens is 218 g/mol. The van der Waals surface area contributed by atoms with E-state index in [1.807, 2.05) is 20.8 Å². The highest BCUT2D eigenvalue weighted by Gasteiger charge is 2.20. The van der Waals surface area contributed by atoms with E-state index in [2.05, 4.69) is 10.1 Å². The second kappa shape index (κ2) is 6.84. The minimum absolute atomic E-state index is 0.274. The number of epoxide rings is 1. The number of hydrogen-bond acceptors (Lipinski definition) is 3. The summed E-state index contributed by atoms with van der Waals surface area (Å²) in [6.45, 7) is 7.65. The molecule has 1 aliphatic carbocycles. The normalized spacial score (nSPS) is 19.9. The molecule has 100 valence electrons. The molecule has 4 nitrogen and oxygen atoms in total. The number of ether oxygens (including phenoxy) is 2. The Morgan fingerprint density at radius 2 is 1.71 bits per heavy atom. The highest BCUT2D eigenvalue weighted by Crippen LogP contribution is 2.18. The molecule has 0 radical (unpaired) electrons. The second-order valence-corrected chi connectivity index (χ2v) is 5.59. The minimum Gasteiger partial charge on any atom is -0.444 e. The first-order valence-electron chi connectivity index (χ1n) is 6.54. The molecule has 4 heteroatoms. The third-order valence-corrected chi connectivity index (χ3v) is 2.53. The second-order valence-electron chi connectivity index (χ2n) is 5.59. The molecule has 0 aromatic heterocycles. The zero-order valence-corrected chi connectivity index (χ0v) is 11.3. The molecule has 1 amide bonds. The molecule has 2 fully saturated rings. The van der Waals surface area contributed by atoms with Gasteiger partial charge in [-0.1, -0.05) is 19.3 Å². The summed E-state index contributed by atoms with van der Waals surface area (Å²) in [4.78, 5) is 11.4. The average Bonchev–Trinajstić information content (AvgIpc) is 3.02. The Balaban J connectivity index is 0.000000415. The SMILES string of the molecule is C1CO1.CC(C)(C)OC(=O)NC1CCCCC1. The van der Waals surface area contributed by atoms with Gasteiger partial charge in [0.15, 0.2) is 0 Å². The average molecular weight is 243 g/mol. The Morgan fingerprint density at radius 3 is 2.12 bits per heavy atom. The fraction of sp³-hybridized carbons (Fsp3) is 0.923. The van der Waals surface area contributed by atoms with Gasteiger partial charge >= 0.3 is 6.09 Å². The van der Waals surface area contributed by atoms with Gasteiger partial charge in [0, 0.05) is 6.04 Å². The first kappa shape index (κ1) is 14.3. The standard InChI is InChI=1S/C11H21NO2.C2H4O/c1-11(2,3)14-10(13)12-9-7-5-4-6-8-9;1-2-3-1/h9H,4-8H2,1-3H3,(H,12,13);1-2H2. The third-order valence-electron chi connectivity index (χ3n) is 2.53. The van der Waals surface area contributed by atoms with Crippen LogP contribution in [0.1, 0.15) is 52.9 Å². The monoisotopic (exact) mass is 243 g/mol. The molecule has 2 aliphatic rings. The van der Waals surface area contributed by atoms with Crippen LogP contribution >= 0.6 is 0 Å². The minimum atomic E-state index is -0.390. The molecule has 0 bridgehead atoms. The lowest BCUT2D eigenvalue weighted by Crippen LogP contribution is -2.39. The van der Waals surface area contributed by atoms with Crippen molar-refractivity contribution in [2.24, 2.45) is 0 Å². The molecule has 0 unspecified atom stereocenters. The van der Waals surface area contributed by atoms with Crippen molar-refractivity contribution in [1.82, 2.24) is 5.32 Å². The summed E-state index contributed by atoms with van der Waals surface area (Å²) in [5.41, 5.74) is -0.390. The number of alkyl carbamates (subject to hydrolysis) is 1. The Kier molecular flexibility index (Phi) is 5.75. The van der Waals surface area contributed by atoms with Gasteiger partial charge < -0.3 is 14.8 Å². The Bertz CT molecular complexity index is 225. The lowest BCUT2D eigenvalue weighted by molar-refractivity contribution is 0.0493. The topological polar surface area (TPSA) is 50.9 Å². The lowest BCUT2D eigenvalue weighted by atomic mass is 9.96. The Morgan fingerprint density at radius 1 is 1.18 bits per heavy atom. The van der Waals surface area contributed by atoms with E-state index in [4.69, 9.17) is 4.74 Å². The largest absolute Gasteiger partial charge is 0.444 e. The van der Waals surface area contributed by atoms with Crippen molar-refractivity contribution in [3.8, 4) is 0 Å². The van der Waals surface area contributed by atoms with Gasteiger partial charge in [0.05, 0.1) is 13.2 Å². The number of carbonyl (C=O) groups excluding carboxylic acids is 1. The highest BCUT2D eigenvalue weighted by molar-refractivity contribution is 5.68. The molecule has 1 saturated carbocycles. The van der Waals surface area contributed by atoms with Crippen molar-refractivity contribution in [3.63, 3.8) is 0 Å². The van der Waals surface area contributed by atoms with Crippen LogP contribution < -0.4 is 5.32 Å². The van der Waals surface area contributed by atoms with Gasteiger partial charge in [-0.25, -0.2) is 4.79 Å². The van der Waals surface area contributed by atoms with E-state index in [1.54, 1.807) is 0 Å². The zero-order chi connectivity index (χ0) is 12.7.